The molecule has 0 N–H and O–H groups in total. The van der Waals surface area contributed by atoms with Crippen molar-refractivity contribution in [2.45, 2.75) is 6.04 Å². The number of amides is 2. The van der Waals surface area contributed by atoms with E-state index in [-0.39, 0.29) is 18.0 Å². The second kappa shape index (κ2) is 8.26. The molecule has 0 aliphatic carbocycles. The Morgan fingerprint density at radius 1 is 1.12 bits per heavy atom. The van der Waals surface area contributed by atoms with Crippen molar-refractivity contribution in [1.29, 1.82) is 0 Å². The number of ether oxygens (including phenoxy) is 2. The van der Waals surface area contributed by atoms with Crippen LogP contribution in [-0.4, -0.2) is 91.3 Å². The smallest absolute Gasteiger partial charge is 0.409 e. The number of hydrogen-bond acceptors (Lipinski definition) is 6. The van der Waals surface area contributed by atoms with E-state index in [9.17, 15) is 9.59 Å². The monoisotopic (exact) mass is 348 g/mol. The van der Waals surface area contributed by atoms with Crippen molar-refractivity contribution in [2.75, 3.05) is 59.6 Å². The lowest BCUT2D eigenvalue weighted by Crippen LogP contribution is -2.54. The first-order valence-electron chi connectivity index (χ1n) is 8.54. The number of pyridine rings is 1. The van der Waals surface area contributed by atoms with Gasteiger partial charge in [-0.05, 0) is 11.6 Å². The molecule has 25 heavy (non-hydrogen) atoms. The van der Waals surface area contributed by atoms with Crippen molar-refractivity contribution in [3.63, 3.8) is 0 Å². The number of hydrogen-bond donors (Lipinski definition) is 0. The van der Waals surface area contributed by atoms with Crippen molar-refractivity contribution < 1.29 is 19.1 Å². The molecule has 1 aromatic heterocycles. The summed E-state index contributed by atoms with van der Waals surface area (Å²) < 4.78 is 10.2. The molecular weight excluding hydrogens is 324 g/mol. The molecule has 2 aliphatic rings. The number of morpholine rings is 1. The fraction of sp³-hybridized carbons (Fsp3) is 0.588. The van der Waals surface area contributed by atoms with Crippen LogP contribution >= 0.6 is 0 Å². The molecular formula is C17H24N4O4. The third-order valence-electron chi connectivity index (χ3n) is 4.67. The third-order valence-corrected chi connectivity index (χ3v) is 4.67. The first-order chi connectivity index (χ1) is 12.2. The average Bonchev–Trinajstić information content (AvgIpc) is 2.69. The van der Waals surface area contributed by atoms with Crippen LogP contribution in [0.2, 0.25) is 0 Å². The summed E-state index contributed by atoms with van der Waals surface area (Å²) >= 11 is 0. The molecule has 8 nitrogen and oxygen atoms in total. The van der Waals surface area contributed by atoms with Gasteiger partial charge in [0.25, 0.3) is 0 Å². The van der Waals surface area contributed by atoms with Gasteiger partial charge in [0, 0.05) is 51.7 Å². The Kier molecular flexibility index (Phi) is 5.83. The number of piperazine rings is 1. The topological polar surface area (TPSA) is 75.2 Å². The molecule has 0 unspecified atom stereocenters. The molecule has 0 saturated carbocycles. The van der Waals surface area contributed by atoms with Gasteiger partial charge in [0.2, 0.25) is 5.91 Å². The molecule has 0 bridgehead atoms. The summed E-state index contributed by atoms with van der Waals surface area (Å²) in [6.45, 7) is 4.67. The van der Waals surface area contributed by atoms with E-state index in [1.165, 1.54) is 7.11 Å². The molecule has 3 heterocycles. The summed E-state index contributed by atoms with van der Waals surface area (Å²) in [6, 6.07) is 3.43. The first kappa shape index (κ1) is 17.6. The second-order valence-electron chi connectivity index (χ2n) is 6.12. The molecule has 1 atom stereocenters. The van der Waals surface area contributed by atoms with E-state index in [1.807, 2.05) is 17.0 Å². The van der Waals surface area contributed by atoms with Crippen LogP contribution in [0.15, 0.2) is 24.5 Å². The number of carbonyl (C=O) groups excluding carboxylic acids is 2. The summed E-state index contributed by atoms with van der Waals surface area (Å²) in [5.41, 5.74) is 0.893. The minimum Gasteiger partial charge on any atom is -0.453 e. The number of methoxy groups -OCH3 is 1. The summed E-state index contributed by atoms with van der Waals surface area (Å²) in [5, 5.41) is 0. The van der Waals surface area contributed by atoms with Gasteiger partial charge in [0.05, 0.1) is 20.3 Å². The average molecular weight is 348 g/mol. The summed E-state index contributed by atoms with van der Waals surface area (Å²) in [6.07, 6.45) is 3.12. The van der Waals surface area contributed by atoms with Gasteiger partial charge >= 0.3 is 6.09 Å². The Morgan fingerprint density at radius 2 is 1.80 bits per heavy atom. The van der Waals surface area contributed by atoms with Gasteiger partial charge in [-0.3, -0.25) is 14.7 Å². The van der Waals surface area contributed by atoms with Gasteiger partial charge in [0.1, 0.15) is 6.04 Å². The fourth-order valence-corrected chi connectivity index (χ4v) is 3.29. The van der Waals surface area contributed by atoms with E-state index in [1.54, 1.807) is 17.3 Å². The predicted octanol–water partition coefficient (Wildman–Crippen LogP) is 0.365. The normalized spacial score (nSPS) is 20.2. The molecule has 0 radical (unpaired) electrons. The zero-order valence-corrected chi connectivity index (χ0v) is 14.5. The van der Waals surface area contributed by atoms with E-state index >= 15 is 0 Å². The van der Waals surface area contributed by atoms with Gasteiger partial charge in [-0.2, -0.15) is 0 Å². The SMILES string of the molecule is COC(=O)N1CCN(C(=O)[C@@H](c2cccnc2)N2CCOCC2)CC1. The minimum atomic E-state index is -0.359. The molecule has 2 fully saturated rings. The van der Waals surface area contributed by atoms with Crippen LogP contribution in [0.25, 0.3) is 0 Å². The van der Waals surface area contributed by atoms with Gasteiger partial charge in [-0.25, -0.2) is 4.79 Å². The molecule has 3 rings (SSSR count). The van der Waals surface area contributed by atoms with Gasteiger partial charge in [-0.15, -0.1) is 0 Å². The highest BCUT2D eigenvalue weighted by Gasteiger charge is 2.34. The van der Waals surface area contributed by atoms with Gasteiger partial charge in [-0.1, -0.05) is 6.07 Å². The molecule has 0 spiro atoms. The molecule has 2 amide bonds. The highest BCUT2D eigenvalue weighted by atomic mass is 16.5. The zero-order valence-electron chi connectivity index (χ0n) is 14.5. The largest absolute Gasteiger partial charge is 0.453 e. The lowest BCUT2D eigenvalue weighted by molar-refractivity contribution is -0.140. The maximum Gasteiger partial charge on any atom is 0.409 e. The zero-order chi connectivity index (χ0) is 17.6. The standard InChI is InChI=1S/C17H24N4O4/c1-24-17(23)21-7-5-20(6-8-21)16(22)15(14-3-2-4-18-13-14)19-9-11-25-12-10-19/h2-4,13,15H,5-12H2,1H3/t15-/m1/s1. The lowest BCUT2D eigenvalue weighted by Gasteiger charge is -2.39. The van der Waals surface area contributed by atoms with Crippen LogP contribution in [0.4, 0.5) is 4.79 Å². The number of carbonyl (C=O) groups is 2. The Hall–Kier alpha value is -2.19. The molecule has 2 saturated heterocycles. The van der Waals surface area contributed by atoms with Crippen LogP contribution in [0.5, 0.6) is 0 Å². The van der Waals surface area contributed by atoms with Crippen LogP contribution in [-0.2, 0) is 14.3 Å². The van der Waals surface area contributed by atoms with Crippen LogP contribution in [0.3, 0.4) is 0 Å². The van der Waals surface area contributed by atoms with E-state index in [0.29, 0.717) is 52.5 Å². The lowest BCUT2D eigenvalue weighted by atomic mass is 10.0. The Balaban J connectivity index is 1.72. The van der Waals surface area contributed by atoms with E-state index in [2.05, 4.69) is 9.88 Å². The molecule has 136 valence electrons. The van der Waals surface area contributed by atoms with Crippen molar-refractivity contribution in [2.24, 2.45) is 0 Å². The van der Waals surface area contributed by atoms with Crippen molar-refractivity contribution in [1.82, 2.24) is 19.7 Å². The van der Waals surface area contributed by atoms with E-state index in [0.717, 1.165) is 5.56 Å². The maximum atomic E-state index is 13.2. The first-order valence-corrected chi connectivity index (χ1v) is 8.54. The summed E-state index contributed by atoms with van der Waals surface area (Å²) in [5.74, 6) is 0.0550. The quantitative estimate of drug-likeness (QED) is 0.785. The molecule has 8 heteroatoms. The van der Waals surface area contributed by atoms with Gasteiger partial charge < -0.3 is 19.3 Å². The van der Waals surface area contributed by atoms with Crippen LogP contribution < -0.4 is 0 Å². The second-order valence-corrected chi connectivity index (χ2v) is 6.12. The van der Waals surface area contributed by atoms with Crippen molar-refractivity contribution in [3.05, 3.63) is 30.1 Å². The third kappa shape index (κ3) is 4.08. The number of rotatable bonds is 3. The Bertz CT molecular complexity index is 584. The van der Waals surface area contributed by atoms with Gasteiger partial charge in [0.15, 0.2) is 0 Å². The number of nitrogens with zero attached hydrogens (tertiary/aromatic N) is 4. The van der Waals surface area contributed by atoms with Crippen molar-refractivity contribution in [3.8, 4) is 0 Å². The Morgan fingerprint density at radius 3 is 2.40 bits per heavy atom. The fourth-order valence-electron chi connectivity index (χ4n) is 3.29. The minimum absolute atomic E-state index is 0.0550. The Labute approximate surface area is 147 Å². The van der Waals surface area contributed by atoms with Crippen molar-refractivity contribution >= 4 is 12.0 Å². The van der Waals surface area contributed by atoms with E-state index in [4.69, 9.17) is 9.47 Å². The predicted molar refractivity (Wildman–Crippen MR) is 89.9 cm³/mol. The molecule has 2 aliphatic heterocycles. The maximum absolute atomic E-state index is 13.2. The van der Waals surface area contributed by atoms with Crippen LogP contribution in [0.1, 0.15) is 11.6 Å². The highest BCUT2D eigenvalue weighted by molar-refractivity contribution is 5.83. The van der Waals surface area contributed by atoms with E-state index < -0.39 is 0 Å². The summed E-state index contributed by atoms with van der Waals surface area (Å²) in [4.78, 5) is 34.6. The highest BCUT2D eigenvalue weighted by Crippen LogP contribution is 2.24. The van der Waals surface area contributed by atoms with Crippen LogP contribution in [0, 0.1) is 0 Å². The molecule has 0 aromatic carbocycles. The summed E-state index contributed by atoms with van der Waals surface area (Å²) in [7, 11) is 1.37. The number of aromatic nitrogens is 1. The molecule has 1 aromatic rings.